The molecule has 0 aliphatic heterocycles. The summed E-state index contributed by atoms with van der Waals surface area (Å²) in [4.78, 5) is 49.8. The van der Waals surface area contributed by atoms with Crippen LogP contribution < -0.4 is 15.2 Å². The first-order chi connectivity index (χ1) is 17.1. The van der Waals surface area contributed by atoms with Gasteiger partial charge in [0.25, 0.3) is 0 Å². The van der Waals surface area contributed by atoms with Crippen molar-refractivity contribution >= 4 is 23.9 Å². The minimum Gasteiger partial charge on any atom is -0.468 e. The molecule has 0 amide bonds. The molecule has 3 unspecified atom stereocenters. The fourth-order valence-electron chi connectivity index (χ4n) is 3.10. The van der Waals surface area contributed by atoms with Gasteiger partial charge in [-0.15, -0.1) is 0 Å². The van der Waals surface area contributed by atoms with Crippen LogP contribution >= 0.6 is 0 Å². The summed E-state index contributed by atoms with van der Waals surface area (Å²) in [7, 11) is 1.23. The molecule has 2 N–H and O–H groups in total. The summed E-state index contributed by atoms with van der Waals surface area (Å²) < 4.78 is 21.3. The summed E-state index contributed by atoms with van der Waals surface area (Å²) in [6.45, 7) is 14.5. The zero-order chi connectivity index (χ0) is 28.5. The van der Waals surface area contributed by atoms with E-state index in [1.54, 1.807) is 33.8 Å². The van der Waals surface area contributed by atoms with Gasteiger partial charge in [-0.1, -0.05) is 61.5 Å². The number of esters is 4. The number of carbonyl (C=O) groups is 4. The molecule has 208 valence electrons. The Kier molecular flexibility index (Phi) is 12.2. The van der Waals surface area contributed by atoms with Crippen LogP contribution in [0.15, 0.2) is 18.2 Å². The quantitative estimate of drug-likeness (QED) is 0.301. The Labute approximate surface area is 220 Å². The molecule has 0 aliphatic carbocycles. The number of carbonyl (C=O) groups excluding carboxylic acids is 4. The molecular formula is C28H43NO8. The largest absolute Gasteiger partial charge is 0.468 e. The Hall–Kier alpha value is -2.94. The van der Waals surface area contributed by atoms with Crippen molar-refractivity contribution in [2.75, 3.05) is 13.7 Å². The molecule has 0 aliphatic rings. The van der Waals surface area contributed by atoms with Crippen LogP contribution in [-0.2, 0) is 35.1 Å². The van der Waals surface area contributed by atoms with E-state index < -0.39 is 35.3 Å². The normalized spacial score (nSPS) is 14.6. The molecule has 0 spiro atoms. The Morgan fingerprint density at radius 3 is 1.78 bits per heavy atom. The Balaban J connectivity index is 3.30. The lowest BCUT2D eigenvalue weighted by Crippen LogP contribution is -2.51. The van der Waals surface area contributed by atoms with Crippen molar-refractivity contribution in [3.63, 3.8) is 0 Å². The average Bonchev–Trinajstić information content (AvgIpc) is 2.83. The smallest absolute Gasteiger partial charge is 0.326 e. The van der Waals surface area contributed by atoms with Crippen LogP contribution in [-0.4, -0.2) is 43.1 Å². The van der Waals surface area contributed by atoms with E-state index in [1.165, 1.54) is 19.2 Å². The van der Waals surface area contributed by atoms with Gasteiger partial charge in [0.15, 0.2) is 11.5 Å². The minimum atomic E-state index is -1.51. The number of hydrogen-bond donors (Lipinski definition) is 1. The van der Waals surface area contributed by atoms with Gasteiger partial charge >= 0.3 is 23.9 Å². The van der Waals surface area contributed by atoms with Gasteiger partial charge in [-0.3, -0.25) is 19.2 Å². The summed E-state index contributed by atoms with van der Waals surface area (Å²) >= 11 is 0. The highest BCUT2D eigenvalue weighted by Gasteiger charge is 2.36. The van der Waals surface area contributed by atoms with Crippen molar-refractivity contribution in [1.82, 2.24) is 0 Å². The molecule has 1 rings (SSSR count). The van der Waals surface area contributed by atoms with Gasteiger partial charge in [-0.25, -0.2) is 0 Å². The van der Waals surface area contributed by atoms with Crippen molar-refractivity contribution in [1.29, 1.82) is 0 Å². The van der Waals surface area contributed by atoms with Crippen LogP contribution in [0, 0.1) is 29.6 Å². The molecule has 9 heteroatoms. The van der Waals surface area contributed by atoms with Crippen LogP contribution in [0.2, 0.25) is 0 Å². The number of rotatable bonds is 13. The van der Waals surface area contributed by atoms with E-state index in [9.17, 15) is 19.2 Å². The first-order valence-electron chi connectivity index (χ1n) is 12.7. The van der Waals surface area contributed by atoms with E-state index in [1.807, 2.05) is 27.7 Å². The van der Waals surface area contributed by atoms with Crippen LogP contribution in [0.3, 0.4) is 0 Å². The van der Waals surface area contributed by atoms with Crippen LogP contribution in [0.5, 0.6) is 11.5 Å². The van der Waals surface area contributed by atoms with Crippen LogP contribution in [0.1, 0.15) is 67.4 Å². The Bertz CT molecular complexity index is 956. The zero-order valence-electron chi connectivity index (χ0n) is 23.6. The molecule has 0 heterocycles. The first kappa shape index (κ1) is 32.1. The Morgan fingerprint density at radius 2 is 1.32 bits per heavy atom. The van der Waals surface area contributed by atoms with Crippen LogP contribution in [0.25, 0.3) is 0 Å². The van der Waals surface area contributed by atoms with E-state index >= 15 is 0 Å². The van der Waals surface area contributed by atoms with Gasteiger partial charge in [0.05, 0.1) is 31.5 Å². The summed E-state index contributed by atoms with van der Waals surface area (Å²) in [5.74, 6) is -2.86. The Morgan fingerprint density at radius 1 is 0.811 bits per heavy atom. The molecule has 0 bridgehead atoms. The molecule has 1 aromatic carbocycles. The van der Waals surface area contributed by atoms with Crippen molar-refractivity contribution in [3.8, 4) is 11.5 Å². The highest BCUT2D eigenvalue weighted by atomic mass is 16.6. The van der Waals surface area contributed by atoms with Crippen molar-refractivity contribution < 1.29 is 38.1 Å². The molecule has 0 saturated heterocycles. The zero-order valence-corrected chi connectivity index (χ0v) is 23.6. The fraction of sp³-hybridized carbons (Fsp3) is 0.643. The SMILES string of the molecule is COC(=O)C(N)(CCOC(=O)C(C)C)Cc1ccc(OC(=O)C(C)C(C)C)c(OC(=O)C(C)C(C)C)c1. The van der Waals surface area contributed by atoms with Crippen molar-refractivity contribution in [2.45, 2.75) is 73.8 Å². The molecule has 0 radical (unpaired) electrons. The highest BCUT2D eigenvalue weighted by Crippen LogP contribution is 2.32. The lowest BCUT2D eigenvalue weighted by atomic mass is 9.88. The van der Waals surface area contributed by atoms with E-state index in [4.69, 9.17) is 24.7 Å². The second kappa shape index (κ2) is 14.1. The maximum atomic E-state index is 12.7. The number of methoxy groups -OCH3 is 1. The van der Waals surface area contributed by atoms with Gasteiger partial charge < -0.3 is 24.7 Å². The molecule has 1 aromatic rings. The molecule has 37 heavy (non-hydrogen) atoms. The second-order valence-electron chi connectivity index (χ2n) is 10.6. The maximum Gasteiger partial charge on any atom is 0.326 e. The highest BCUT2D eigenvalue weighted by molar-refractivity contribution is 5.81. The van der Waals surface area contributed by atoms with Crippen molar-refractivity contribution in [3.05, 3.63) is 23.8 Å². The van der Waals surface area contributed by atoms with Gasteiger partial charge in [-0.2, -0.15) is 0 Å². The number of hydrogen-bond acceptors (Lipinski definition) is 9. The van der Waals surface area contributed by atoms with E-state index in [0.29, 0.717) is 5.56 Å². The van der Waals surface area contributed by atoms with Gasteiger partial charge in [0.2, 0.25) is 0 Å². The molecule has 0 saturated carbocycles. The lowest BCUT2D eigenvalue weighted by Gasteiger charge is -2.27. The van der Waals surface area contributed by atoms with E-state index in [0.717, 1.165) is 0 Å². The predicted molar refractivity (Wildman–Crippen MR) is 139 cm³/mol. The first-order valence-corrected chi connectivity index (χ1v) is 12.7. The molecule has 0 fully saturated rings. The number of benzene rings is 1. The minimum absolute atomic E-state index is 0.000188. The van der Waals surface area contributed by atoms with E-state index in [2.05, 4.69) is 0 Å². The van der Waals surface area contributed by atoms with Crippen LogP contribution in [0.4, 0.5) is 0 Å². The third-order valence-corrected chi connectivity index (χ3v) is 6.55. The predicted octanol–water partition coefficient (Wildman–Crippen LogP) is 4.08. The standard InChI is InChI=1S/C28H43NO8/c1-16(2)19(7)25(31)36-22-11-10-21(14-23(22)37-26(32)20(8)17(3)4)15-28(29,27(33)34-9)12-13-35-24(30)18(5)6/h10-11,14,16-20H,12-13,15,29H2,1-9H3. The topological polar surface area (TPSA) is 131 Å². The summed E-state index contributed by atoms with van der Waals surface area (Å²) in [6.07, 6.45) is 0.0140. The van der Waals surface area contributed by atoms with Gasteiger partial charge in [-0.05, 0) is 29.5 Å². The lowest BCUT2D eigenvalue weighted by molar-refractivity contribution is -0.152. The summed E-state index contributed by atoms with van der Waals surface area (Å²) in [5.41, 5.74) is 5.45. The van der Waals surface area contributed by atoms with Crippen molar-refractivity contribution in [2.24, 2.45) is 35.3 Å². The number of ether oxygens (including phenoxy) is 4. The van der Waals surface area contributed by atoms with Gasteiger partial charge in [0.1, 0.15) is 5.54 Å². The average molecular weight is 522 g/mol. The monoisotopic (exact) mass is 521 g/mol. The summed E-state index contributed by atoms with van der Waals surface area (Å²) in [6, 6.07) is 4.67. The summed E-state index contributed by atoms with van der Waals surface area (Å²) in [5, 5.41) is 0. The molecular weight excluding hydrogens is 478 g/mol. The molecule has 3 atom stereocenters. The third kappa shape index (κ3) is 9.46. The fourth-order valence-corrected chi connectivity index (χ4v) is 3.10. The molecule has 0 aromatic heterocycles. The molecule has 9 nitrogen and oxygen atoms in total. The van der Waals surface area contributed by atoms with E-state index in [-0.39, 0.29) is 54.6 Å². The third-order valence-electron chi connectivity index (χ3n) is 6.55. The number of nitrogens with two attached hydrogens (primary N) is 1. The maximum absolute atomic E-state index is 12.7. The second-order valence-corrected chi connectivity index (χ2v) is 10.6. The van der Waals surface area contributed by atoms with Gasteiger partial charge in [0, 0.05) is 12.8 Å².